The van der Waals surface area contributed by atoms with Gasteiger partial charge in [0.15, 0.2) is 0 Å². The lowest BCUT2D eigenvalue weighted by Crippen LogP contribution is -2.23. The highest BCUT2D eigenvalue weighted by Gasteiger charge is 2.08. The fourth-order valence-electron chi connectivity index (χ4n) is 1.60. The molecule has 0 aliphatic rings. The summed E-state index contributed by atoms with van der Waals surface area (Å²) in [6.45, 7) is 2.92. The first kappa shape index (κ1) is 12.6. The van der Waals surface area contributed by atoms with Gasteiger partial charge < -0.3 is 16.4 Å². The molecule has 0 unspecified atom stereocenters. The topological polar surface area (TPSA) is 94.0 Å². The number of rotatable bonds is 4. The lowest BCUT2D eigenvalue weighted by atomic mass is 10.1. The molecule has 0 aliphatic carbocycles. The largest absolute Gasteiger partial charge is 0.368 e. The Morgan fingerprint density at radius 1 is 1.17 bits per heavy atom. The number of nitrogen functional groups attached to an aromatic ring is 2. The molecule has 0 saturated carbocycles. The normalized spacial score (nSPS) is 10.6. The van der Waals surface area contributed by atoms with Gasteiger partial charge in [0.2, 0.25) is 17.8 Å². The Balaban J connectivity index is 2.03. The third-order valence-corrected chi connectivity index (χ3v) is 3.59. The van der Waals surface area contributed by atoms with Crippen LogP contribution in [0.5, 0.6) is 0 Å². The van der Waals surface area contributed by atoms with Gasteiger partial charge >= 0.3 is 0 Å². The molecule has 18 heavy (non-hydrogen) atoms. The van der Waals surface area contributed by atoms with E-state index < -0.39 is 0 Å². The molecule has 2 heterocycles. The van der Waals surface area contributed by atoms with Crippen molar-refractivity contribution in [2.75, 3.05) is 30.0 Å². The zero-order chi connectivity index (χ0) is 13.1. The number of hydrogen-bond donors (Lipinski definition) is 2. The number of nitrogens with two attached hydrogens (primary N) is 2. The number of likely N-dealkylation sites (N-methyl/N-ethyl adjacent to an activating group) is 1. The molecule has 2 rings (SSSR count). The first-order valence-electron chi connectivity index (χ1n) is 5.56. The fourth-order valence-corrected chi connectivity index (χ4v) is 2.49. The lowest BCUT2D eigenvalue weighted by Gasteiger charge is -2.17. The van der Waals surface area contributed by atoms with Crippen molar-refractivity contribution in [1.82, 2.24) is 15.0 Å². The van der Waals surface area contributed by atoms with Crippen LogP contribution in [-0.4, -0.2) is 28.5 Å². The Kier molecular flexibility index (Phi) is 3.61. The van der Waals surface area contributed by atoms with Gasteiger partial charge in [0.25, 0.3) is 0 Å². The van der Waals surface area contributed by atoms with Crippen molar-refractivity contribution in [3.63, 3.8) is 0 Å². The summed E-state index contributed by atoms with van der Waals surface area (Å²) in [6, 6.07) is 0. The van der Waals surface area contributed by atoms with Crippen LogP contribution in [0.25, 0.3) is 0 Å². The molecule has 6 nitrogen and oxygen atoms in total. The average molecular weight is 264 g/mol. The minimum atomic E-state index is 0.149. The first-order chi connectivity index (χ1) is 8.56. The number of aryl methyl sites for hydroxylation is 1. The molecule has 96 valence electrons. The zero-order valence-corrected chi connectivity index (χ0v) is 11.2. The molecular formula is C11H16N6S. The molecule has 0 fully saturated rings. The van der Waals surface area contributed by atoms with Gasteiger partial charge in [-0.05, 0) is 35.2 Å². The predicted octanol–water partition coefficient (Wildman–Crippen LogP) is 1.08. The van der Waals surface area contributed by atoms with E-state index >= 15 is 0 Å². The minimum Gasteiger partial charge on any atom is -0.368 e. The molecule has 4 N–H and O–H groups in total. The van der Waals surface area contributed by atoms with Crippen LogP contribution in [0.15, 0.2) is 10.8 Å². The Morgan fingerprint density at radius 3 is 2.39 bits per heavy atom. The van der Waals surface area contributed by atoms with Crippen LogP contribution < -0.4 is 16.4 Å². The fraction of sp³-hybridized carbons (Fsp3) is 0.364. The Hall–Kier alpha value is -1.89. The average Bonchev–Trinajstić information content (AvgIpc) is 2.70. The van der Waals surface area contributed by atoms with Gasteiger partial charge in [0, 0.05) is 13.6 Å². The highest BCUT2D eigenvalue weighted by atomic mass is 32.1. The number of thiophene rings is 1. The summed E-state index contributed by atoms with van der Waals surface area (Å²) in [6.07, 6.45) is 0.942. The molecule has 0 amide bonds. The summed E-state index contributed by atoms with van der Waals surface area (Å²) in [4.78, 5) is 13.8. The van der Waals surface area contributed by atoms with Gasteiger partial charge in [-0.15, -0.1) is 0 Å². The van der Waals surface area contributed by atoms with E-state index in [1.165, 1.54) is 11.1 Å². The van der Waals surface area contributed by atoms with Crippen molar-refractivity contribution in [1.29, 1.82) is 0 Å². The molecule has 0 atom stereocenters. The van der Waals surface area contributed by atoms with Crippen molar-refractivity contribution < 1.29 is 0 Å². The maximum absolute atomic E-state index is 5.54. The van der Waals surface area contributed by atoms with E-state index in [2.05, 4.69) is 32.6 Å². The van der Waals surface area contributed by atoms with E-state index in [9.17, 15) is 0 Å². The highest BCUT2D eigenvalue weighted by molar-refractivity contribution is 7.08. The molecule has 0 aromatic carbocycles. The van der Waals surface area contributed by atoms with Crippen LogP contribution in [0.3, 0.4) is 0 Å². The molecule has 2 aromatic rings. The quantitative estimate of drug-likeness (QED) is 0.858. The van der Waals surface area contributed by atoms with E-state index in [1.54, 1.807) is 11.3 Å². The van der Waals surface area contributed by atoms with Crippen molar-refractivity contribution in [2.24, 2.45) is 0 Å². The molecule has 0 saturated heterocycles. The molecule has 2 aromatic heterocycles. The number of anilines is 3. The van der Waals surface area contributed by atoms with Gasteiger partial charge in [-0.2, -0.15) is 26.3 Å². The summed E-state index contributed by atoms with van der Waals surface area (Å²) in [5.74, 6) is 0.806. The standard InChI is InChI=1S/C11H16N6S/c1-7-5-18-6-8(7)3-4-17(2)11-15-9(12)14-10(13)16-11/h5-6H,3-4H2,1-2H3,(H4,12,13,14,15,16). The second-order valence-electron chi connectivity index (χ2n) is 4.10. The van der Waals surface area contributed by atoms with Gasteiger partial charge in [-0.1, -0.05) is 0 Å². The summed E-state index contributed by atoms with van der Waals surface area (Å²) in [7, 11) is 1.91. The SMILES string of the molecule is Cc1cscc1CCN(C)c1nc(N)nc(N)n1. The summed E-state index contributed by atoms with van der Waals surface area (Å²) in [5.41, 5.74) is 13.8. The molecule has 0 bridgehead atoms. The van der Waals surface area contributed by atoms with E-state index in [0.29, 0.717) is 5.95 Å². The van der Waals surface area contributed by atoms with E-state index in [4.69, 9.17) is 11.5 Å². The van der Waals surface area contributed by atoms with Crippen LogP contribution in [0.2, 0.25) is 0 Å². The Bertz CT molecular complexity index is 518. The number of hydrogen-bond acceptors (Lipinski definition) is 7. The molecular weight excluding hydrogens is 248 g/mol. The Labute approximate surface area is 110 Å². The van der Waals surface area contributed by atoms with Crippen molar-refractivity contribution in [3.8, 4) is 0 Å². The minimum absolute atomic E-state index is 0.149. The van der Waals surface area contributed by atoms with Crippen LogP contribution in [-0.2, 0) is 6.42 Å². The third kappa shape index (κ3) is 2.86. The maximum Gasteiger partial charge on any atom is 0.231 e. The molecule has 7 heteroatoms. The second kappa shape index (κ2) is 5.18. The van der Waals surface area contributed by atoms with Crippen LogP contribution in [0.4, 0.5) is 17.8 Å². The van der Waals surface area contributed by atoms with Gasteiger partial charge in [-0.25, -0.2) is 0 Å². The van der Waals surface area contributed by atoms with Crippen LogP contribution in [0, 0.1) is 6.92 Å². The second-order valence-corrected chi connectivity index (χ2v) is 4.85. The van der Waals surface area contributed by atoms with Crippen molar-refractivity contribution in [3.05, 3.63) is 21.9 Å². The maximum atomic E-state index is 5.54. The lowest BCUT2D eigenvalue weighted by molar-refractivity contribution is 0.832. The number of aromatic nitrogens is 3. The van der Waals surface area contributed by atoms with E-state index in [1.807, 2.05) is 11.9 Å². The molecule has 0 aliphatic heterocycles. The van der Waals surface area contributed by atoms with Crippen molar-refractivity contribution in [2.45, 2.75) is 13.3 Å². The van der Waals surface area contributed by atoms with Gasteiger partial charge in [-0.3, -0.25) is 0 Å². The third-order valence-electron chi connectivity index (χ3n) is 2.68. The van der Waals surface area contributed by atoms with E-state index in [-0.39, 0.29) is 11.9 Å². The highest BCUT2D eigenvalue weighted by Crippen LogP contribution is 2.15. The van der Waals surface area contributed by atoms with Gasteiger partial charge in [0.05, 0.1) is 0 Å². The summed E-state index contributed by atoms with van der Waals surface area (Å²) >= 11 is 1.72. The summed E-state index contributed by atoms with van der Waals surface area (Å²) < 4.78 is 0. The predicted molar refractivity (Wildman–Crippen MR) is 74.7 cm³/mol. The smallest absolute Gasteiger partial charge is 0.231 e. The van der Waals surface area contributed by atoms with Crippen LogP contribution >= 0.6 is 11.3 Å². The molecule has 0 radical (unpaired) electrons. The Morgan fingerprint density at radius 2 is 1.83 bits per heavy atom. The van der Waals surface area contributed by atoms with Gasteiger partial charge in [0.1, 0.15) is 0 Å². The van der Waals surface area contributed by atoms with Crippen LogP contribution in [0.1, 0.15) is 11.1 Å². The first-order valence-corrected chi connectivity index (χ1v) is 6.50. The van der Waals surface area contributed by atoms with Crippen molar-refractivity contribution >= 4 is 29.2 Å². The number of nitrogens with zero attached hydrogens (tertiary/aromatic N) is 4. The monoisotopic (exact) mass is 264 g/mol. The molecule has 0 spiro atoms. The van der Waals surface area contributed by atoms with E-state index in [0.717, 1.165) is 13.0 Å². The zero-order valence-electron chi connectivity index (χ0n) is 10.4. The summed E-state index contributed by atoms with van der Waals surface area (Å²) in [5, 5.41) is 4.31.